The van der Waals surface area contributed by atoms with Crippen LogP contribution in [0.15, 0.2) is 41.7 Å². The summed E-state index contributed by atoms with van der Waals surface area (Å²) < 4.78 is 1.64. The molecule has 0 aliphatic heterocycles. The average molecular weight is 185 g/mol. The van der Waals surface area contributed by atoms with Crippen LogP contribution in [-0.2, 0) is 7.05 Å². The van der Waals surface area contributed by atoms with E-state index >= 15 is 0 Å². The monoisotopic (exact) mass is 185 g/mol. The summed E-state index contributed by atoms with van der Waals surface area (Å²) in [4.78, 5) is 11.5. The third-order valence-electron chi connectivity index (χ3n) is 2.41. The Kier molecular flexibility index (Phi) is 1.97. The highest BCUT2D eigenvalue weighted by molar-refractivity contribution is 5.87. The molecule has 0 unspecified atom stereocenters. The van der Waals surface area contributed by atoms with Gasteiger partial charge in [0.15, 0.2) is 0 Å². The Morgan fingerprint density at radius 2 is 2.07 bits per heavy atom. The molecule has 2 heteroatoms. The number of rotatable bonds is 1. The zero-order chi connectivity index (χ0) is 10.1. The minimum atomic E-state index is -0.00130. The summed E-state index contributed by atoms with van der Waals surface area (Å²) in [5.41, 5.74) is 1.83. The Bertz CT molecular complexity index is 552. The molecule has 0 N–H and O–H groups in total. The van der Waals surface area contributed by atoms with Gasteiger partial charge in [-0.15, -0.1) is 0 Å². The second-order valence-electron chi connectivity index (χ2n) is 3.22. The van der Waals surface area contributed by atoms with Crippen molar-refractivity contribution in [1.29, 1.82) is 0 Å². The van der Waals surface area contributed by atoms with Crippen molar-refractivity contribution in [3.63, 3.8) is 0 Å². The quantitative estimate of drug-likeness (QED) is 0.667. The van der Waals surface area contributed by atoms with Crippen LogP contribution in [0.5, 0.6) is 0 Å². The summed E-state index contributed by atoms with van der Waals surface area (Å²) in [7, 11) is 1.78. The van der Waals surface area contributed by atoms with Gasteiger partial charge in [0.05, 0.1) is 5.52 Å². The number of aromatic nitrogens is 1. The number of para-hydroxylation sites is 1. The smallest absolute Gasteiger partial charge is 0.251 e. The van der Waals surface area contributed by atoms with E-state index in [4.69, 9.17) is 0 Å². The standard InChI is InChI=1S/C12H11NO/c1-3-9-8-12(14)13(2)11-7-5-4-6-10(9)11/h3-8H,1H2,2H3. The molecule has 2 aromatic rings. The summed E-state index contributed by atoms with van der Waals surface area (Å²) in [5.74, 6) is 0. The second kappa shape index (κ2) is 3.14. The zero-order valence-corrected chi connectivity index (χ0v) is 8.03. The molecule has 70 valence electrons. The minimum Gasteiger partial charge on any atom is -0.311 e. The van der Waals surface area contributed by atoms with Crippen molar-refractivity contribution in [3.8, 4) is 0 Å². The molecule has 0 aliphatic carbocycles. The maximum Gasteiger partial charge on any atom is 0.251 e. The van der Waals surface area contributed by atoms with Crippen LogP contribution in [0.4, 0.5) is 0 Å². The van der Waals surface area contributed by atoms with Crippen molar-refractivity contribution in [2.75, 3.05) is 0 Å². The predicted octanol–water partition coefficient (Wildman–Crippen LogP) is 2.18. The van der Waals surface area contributed by atoms with Gasteiger partial charge in [-0.05, 0) is 11.6 Å². The Balaban J connectivity index is 3.04. The zero-order valence-electron chi connectivity index (χ0n) is 8.03. The van der Waals surface area contributed by atoms with Gasteiger partial charge in [-0.3, -0.25) is 4.79 Å². The molecule has 1 heterocycles. The maximum absolute atomic E-state index is 11.5. The van der Waals surface area contributed by atoms with E-state index in [2.05, 4.69) is 6.58 Å². The van der Waals surface area contributed by atoms with Gasteiger partial charge in [-0.2, -0.15) is 0 Å². The Labute approximate surface area is 82.1 Å². The normalized spacial score (nSPS) is 10.4. The molecule has 0 saturated carbocycles. The van der Waals surface area contributed by atoms with E-state index in [1.165, 1.54) is 0 Å². The fraction of sp³-hybridized carbons (Fsp3) is 0.0833. The highest BCUT2D eigenvalue weighted by atomic mass is 16.1. The van der Waals surface area contributed by atoms with Crippen LogP contribution in [0.1, 0.15) is 5.56 Å². The molecule has 0 amide bonds. The fourth-order valence-corrected chi connectivity index (χ4v) is 1.61. The van der Waals surface area contributed by atoms with E-state index in [-0.39, 0.29) is 5.56 Å². The van der Waals surface area contributed by atoms with Crippen molar-refractivity contribution < 1.29 is 0 Å². The van der Waals surface area contributed by atoms with Crippen LogP contribution in [0, 0.1) is 0 Å². The van der Waals surface area contributed by atoms with E-state index < -0.39 is 0 Å². The number of pyridine rings is 1. The van der Waals surface area contributed by atoms with Crippen LogP contribution in [-0.4, -0.2) is 4.57 Å². The largest absolute Gasteiger partial charge is 0.311 e. The molecule has 0 bridgehead atoms. The lowest BCUT2D eigenvalue weighted by molar-refractivity contribution is 0.905. The highest BCUT2D eigenvalue weighted by Crippen LogP contribution is 2.16. The first-order chi connectivity index (χ1) is 6.74. The molecule has 0 aliphatic rings. The van der Waals surface area contributed by atoms with Crippen LogP contribution >= 0.6 is 0 Å². The summed E-state index contributed by atoms with van der Waals surface area (Å²) in [6, 6.07) is 9.42. The SMILES string of the molecule is C=Cc1cc(=O)n(C)c2ccccc12. The number of aryl methyl sites for hydroxylation is 1. The van der Waals surface area contributed by atoms with Gasteiger partial charge in [-0.25, -0.2) is 0 Å². The molecule has 0 fully saturated rings. The van der Waals surface area contributed by atoms with Crippen LogP contribution in [0.2, 0.25) is 0 Å². The number of nitrogens with zero attached hydrogens (tertiary/aromatic N) is 1. The fourth-order valence-electron chi connectivity index (χ4n) is 1.61. The molecule has 1 aromatic carbocycles. The van der Waals surface area contributed by atoms with Crippen LogP contribution < -0.4 is 5.56 Å². The summed E-state index contributed by atoms with van der Waals surface area (Å²) in [6.07, 6.45) is 1.71. The van der Waals surface area contributed by atoms with Gasteiger partial charge in [0.25, 0.3) is 5.56 Å². The highest BCUT2D eigenvalue weighted by Gasteiger charge is 2.02. The van der Waals surface area contributed by atoms with Crippen molar-refractivity contribution in [2.24, 2.45) is 7.05 Å². The Hall–Kier alpha value is -1.83. The lowest BCUT2D eigenvalue weighted by Gasteiger charge is -2.06. The van der Waals surface area contributed by atoms with E-state index in [0.717, 1.165) is 16.5 Å². The molecule has 2 rings (SSSR count). The maximum atomic E-state index is 11.5. The van der Waals surface area contributed by atoms with Gasteiger partial charge in [-0.1, -0.05) is 30.9 Å². The van der Waals surface area contributed by atoms with Crippen molar-refractivity contribution in [3.05, 3.63) is 52.8 Å². The summed E-state index contributed by atoms with van der Waals surface area (Å²) >= 11 is 0. The van der Waals surface area contributed by atoms with Gasteiger partial charge >= 0.3 is 0 Å². The first-order valence-electron chi connectivity index (χ1n) is 4.45. The second-order valence-corrected chi connectivity index (χ2v) is 3.22. The molecule has 2 nitrogen and oxygen atoms in total. The van der Waals surface area contributed by atoms with Gasteiger partial charge in [0, 0.05) is 18.5 Å². The number of benzene rings is 1. The molecule has 1 aromatic heterocycles. The molecule has 0 radical (unpaired) electrons. The lowest BCUT2D eigenvalue weighted by atomic mass is 10.1. The molecule has 0 saturated heterocycles. The Morgan fingerprint density at radius 3 is 2.79 bits per heavy atom. The minimum absolute atomic E-state index is 0.00130. The van der Waals surface area contributed by atoms with E-state index in [1.54, 1.807) is 23.8 Å². The molecule has 14 heavy (non-hydrogen) atoms. The van der Waals surface area contributed by atoms with Crippen LogP contribution in [0.25, 0.3) is 17.0 Å². The lowest BCUT2D eigenvalue weighted by Crippen LogP contribution is -2.16. The summed E-state index contributed by atoms with van der Waals surface area (Å²) in [6.45, 7) is 3.70. The molecule has 0 spiro atoms. The van der Waals surface area contributed by atoms with Crippen molar-refractivity contribution in [2.45, 2.75) is 0 Å². The van der Waals surface area contributed by atoms with E-state index in [0.29, 0.717) is 0 Å². The molecular formula is C12H11NO. The van der Waals surface area contributed by atoms with E-state index in [1.807, 2.05) is 24.3 Å². The molecular weight excluding hydrogens is 174 g/mol. The first kappa shape index (κ1) is 8.75. The third-order valence-corrected chi connectivity index (χ3v) is 2.41. The summed E-state index contributed by atoms with van der Waals surface area (Å²) in [5, 5.41) is 1.06. The van der Waals surface area contributed by atoms with E-state index in [9.17, 15) is 4.79 Å². The van der Waals surface area contributed by atoms with Gasteiger partial charge < -0.3 is 4.57 Å². The van der Waals surface area contributed by atoms with Crippen LogP contribution in [0.3, 0.4) is 0 Å². The predicted molar refractivity (Wildman–Crippen MR) is 59.3 cm³/mol. The number of fused-ring (bicyclic) bond motifs is 1. The number of hydrogen-bond acceptors (Lipinski definition) is 1. The first-order valence-corrected chi connectivity index (χ1v) is 4.45. The topological polar surface area (TPSA) is 22.0 Å². The molecule has 0 atom stereocenters. The Morgan fingerprint density at radius 1 is 1.36 bits per heavy atom. The van der Waals surface area contributed by atoms with Crippen molar-refractivity contribution in [1.82, 2.24) is 4.57 Å². The average Bonchev–Trinajstić information content (AvgIpc) is 2.23. The van der Waals surface area contributed by atoms with Gasteiger partial charge in [0.2, 0.25) is 0 Å². The number of hydrogen-bond donors (Lipinski definition) is 0. The third kappa shape index (κ3) is 1.16. The van der Waals surface area contributed by atoms with Crippen molar-refractivity contribution >= 4 is 17.0 Å². The van der Waals surface area contributed by atoms with Gasteiger partial charge in [0.1, 0.15) is 0 Å².